The Balaban J connectivity index is -0.000000198. The number of rotatable bonds is 14. The van der Waals surface area contributed by atoms with Crippen LogP contribution in [-0.4, -0.2) is 35.8 Å². The predicted molar refractivity (Wildman–Crippen MR) is 143 cm³/mol. The molecule has 0 aliphatic carbocycles. The number of carboxylic acids is 2. The van der Waals surface area contributed by atoms with Gasteiger partial charge in [-0.3, -0.25) is 0 Å². The van der Waals surface area contributed by atoms with E-state index in [0.29, 0.717) is 0 Å². The Hall–Kier alpha value is -1.04. The summed E-state index contributed by atoms with van der Waals surface area (Å²) >= 11 is 0. The van der Waals surface area contributed by atoms with E-state index in [-0.39, 0.29) is 35.9 Å². The molecule has 1 rings (SSSR count). The molecule has 1 aromatic rings. The molecule has 0 bridgehead atoms. The molecule has 0 aliphatic heterocycles. The second kappa shape index (κ2) is 34.1. The topological polar surface area (TPSA) is 80.3 Å². The van der Waals surface area contributed by atoms with E-state index >= 15 is 0 Å². The van der Waals surface area contributed by atoms with E-state index < -0.39 is 11.9 Å². The van der Waals surface area contributed by atoms with Gasteiger partial charge >= 0.3 is 23.9 Å². The minimum absolute atomic E-state index is 0. The summed E-state index contributed by atoms with van der Waals surface area (Å²) in [6, 6.07) is 6.89. The van der Waals surface area contributed by atoms with Crippen molar-refractivity contribution >= 4 is 35.8 Å². The Morgan fingerprint density at radius 2 is 1.21 bits per heavy atom. The van der Waals surface area contributed by atoms with Crippen molar-refractivity contribution in [2.24, 2.45) is 0 Å². The van der Waals surface area contributed by atoms with E-state index in [1.165, 1.54) is 51.4 Å². The zero-order valence-corrected chi connectivity index (χ0v) is 25.3. The number of carbonyl (C=O) groups is 2. The molecule has 0 saturated carbocycles. The zero-order valence-electron chi connectivity index (χ0n) is 22.5. The molecule has 34 heavy (non-hydrogen) atoms. The van der Waals surface area contributed by atoms with Gasteiger partial charge in [-0.25, -0.2) is 0 Å². The van der Waals surface area contributed by atoms with E-state index in [2.05, 4.69) is 41.5 Å². The molecule has 0 aromatic heterocycles. The van der Waals surface area contributed by atoms with E-state index in [9.17, 15) is 19.8 Å². The molecule has 1 aromatic carbocycles. The van der Waals surface area contributed by atoms with Crippen LogP contribution in [0.5, 0.6) is 0 Å². The average molecular weight is 581 g/mol. The molecule has 5 heteroatoms. The smallest absolute Gasteiger partial charge is 0.550 e. The molecule has 0 unspecified atom stereocenters. The van der Waals surface area contributed by atoms with Gasteiger partial charge in [0, 0.05) is 5.97 Å². The number of aromatic carboxylic acids is 1. The number of carbonyl (C=O) groups excluding carboxylic acids is 2. The summed E-state index contributed by atoms with van der Waals surface area (Å²) in [4.78, 5) is 20.5. The van der Waals surface area contributed by atoms with Crippen LogP contribution in [0.4, 0.5) is 0 Å². The average Bonchev–Trinajstić information content (AvgIpc) is 2.81. The maximum Gasteiger partial charge on any atom is 2.00 e. The summed E-state index contributed by atoms with van der Waals surface area (Å²) in [5, 5.41) is 20.5. The summed E-state index contributed by atoms with van der Waals surface area (Å²) in [5.41, 5.74) is 1.32. The first-order chi connectivity index (χ1) is 15.8. The van der Waals surface area contributed by atoms with Crippen LogP contribution in [0.15, 0.2) is 24.3 Å². The van der Waals surface area contributed by atoms with Crippen molar-refractivity contribution in [3.63, 3.8) is 0 Å². The fourth-order valence-electron chi connectivity index (χ4n) is 2.55. The Morgan fingerprint density at radius 3 is 1.59 bits per heavy atom. The number of benzene rings is 1. The number of aliphatic carboxylic acids is 1. The Kier molecular flexibility index (Phi) is 40.3. The number of carboxylic acid groups (broad SMARTS) is 2. The fraction of sp³-hybridized carbons (Fsp3) is 0.655. The molecular formula is C29H50O4Sn. The van der Waals surface area contributed by atoms with Gasteiger partial charge in [0.25, 0.3) is 0 Å². The summed E-state index contributed by atoms with van der Waals surface area (Å²) in [7, 11) is 0. The number of unbranched alkanes of at least 4 members (excludes halogenated alkanes) is 9. The normalized spacial score (nSPS) is 9.12. The van der Waals surface area contributed by atoms with Gasteiger partial charge < -0.3 is 19.8 Å². The van der Waals surface area contributed by atoms with Crippen molar-refractivity contribution in [2.75, 3.05) is 0 Å². The van der Waals surface area contributed by atoms with Gasteiger partial charge in [0.15, 0.2) is 0 Å². The number of aryl methyl sites for hydroxylation is 1. The Morgan fingerprint density at radius 1 is 0.735 bits per heavy atom. The molecule has 0 fully saturated rings. The molecule has 0 aliphatic rings. The molecule has 0 saturated heterocycles. The van der Waals surface area contributed by atoms with Crippen molar-refractivity contribution in [1.29, 1.82) is 0 Å². The van der Waals surface area contributed by atoms with Gasteiger partial charge in [0.05, 0.1) is 5.97 Å². The minimum atomic E-state index is -1.10. The first-order valence-corrected chi connectivity index (χ1v) is 12.9. The van der Waals surface area contributed by atoms with Crippen molar-refractivity contribution in [3.05, 3.63) is 49.2 Å². The standard InChI is InChI=1S/C11H22O2.C10H12O2.2C4H9.Sn/c1-2-3-4-5-6-7-8-9-10-11(12)13;1-2-4-8-5-3-6-9(7-8)10(11)12;2*1-3-4-2;/h2-10H2,1H3,(H,12,13);3,5-7H,2,4H2,1H3,(H,11,12);2*1,3-4H2,2H3;/q;;;;+2/p-2. The van der Waals surface area contributed by atoms with Gasteiger partial charge in [-0.15, -0.1) is 0 Å². The third kappa shape index (κ3) is 35.5. The number of hydrogen-bond acceptors (Lipinski definition) is 4. The molecule has 4 radical (unpaired) electrons. The first-order valence-electron chi connectivity index (χ1n) is 12.9. The summed E-state index contributed by atoms with van der Waals surface area (Å²) in [6.45, 7) is 15.7. The predicted octanol–water partition coefficient (Wildman–Crippen LogP) is 6.13. The maximum atomic E-state index is 10.4. The van der Waals surface area contributed by atoms with E-state index in [4.69, 9.17) is 0 Å². The van der Waals surface area contributed by atoms with Gasteiger partial charge in [0.2, 0.25) is 0 Å². The van der Waals surface area contributed by atoms with E-state index in [1.807, 2.05) is 6.07 Å². The van der Waals surface area contributed by atoms with E-state index in [1.54, 1.807) is 18.2 Å². The van der Waals surface area contributed by atoms with Crippen molar-refractivity contribution in [2.45, 2.75) is 124 Å². The molecule has 194 valence electrons. The molecular weight excluding hydrogens is 531 g/mol. The van der Waals surface area contributed by atoms with Crippen molar-refractivity contribution in [1.82, 2.24) is 0 Å². The van der Waals surface area contributed by atoms with Crippen LogP contribution in [0.25, 0.3) is 0 Å². The third-order valence-electron chi connectivity index (χ3n) is 4.64. The zero-order chi connectivity index (χ0) is 25.7. The van der Waals surface area contributed by atoms with Crippen LogP contribution < -0.4 is 10.2 Å². The summed E-state index contributed by atoms with van der Waals surface area (Å²) in [6.07, 6.45) is 16.2. The maximum absolute atomic E-state index is 10.4. The van der Waals surface area contributed by atoms with Crippen molar-refractivity contribution in [3.8, 4) is 0 Å². The SMILES string of the molecule is CCCCCCCCCCC(=O)[O-].CCCc1cccc(C(=O)[O-])c1.[CH2]CCC.[CH2]CCC.[Sn+2]. The van der Waals surface area contributed by atoms with Gasteiger partial charge in [-0.1, -0.05) is 137 Å². The Labute approximate surface area is 228 Å². The van der Waals surface area contributed by atoms with Gasteiger partial charge in [-0.05, 0) is 36.5 Å². The Bertz CT molecular complexity index is 539. The molecule has 0 atom stereocenters. The summed E-state index contributed by atoms with van der Waals surface area (Å²) < 4.78 is 0. The van der Waals surface area contributed by atoms with Crippen molar-refractivity contribution < 1.29 is 19.8 Å². The monoisotopic (exact) mass is 582 g/mol. The summed E-state index contributed by atoms with van der Waals surface area (Å²) in [5.74, 6) is -2.01. The van der Waals surface area contributed by atoms with Crippen LogP contribution in [0, 0.1) is 13.8 Å². The number of hydrogen-bond donors (Lipinski definition) is 0. The largest absolute Gasteiger partial charge is 2.00 e. The van der Waals surface area contributed by atoms with Crippen LogP contribution in [0.3, 0.4) is 0 Å². The van der Waals surface area contributed by atoms with Gasteiger partial charge in [-0.2, -0.15) is 0 Å². The van der Waals surface area contributed by atoms with Gasteiger partial charge in [0.1, 0.15) is 0 Å². The fourth-order valence-corrected chi connectivity index (χ4v) is 2.55. The van der Waals surface area contributed by atoms with E-state index in [0.717, 1.165) is 44.1 Å². The van der Waals surface area contributed by atoms with Crippen LogP contribution in [0.1, 0.15) is 134 Å². The van der Waals surface area contributed by atoms with Crippen LogP contribution in [-0.2, 0) is 11.2 Å². The molecule has 4 nitrogen and oxygen atoms in total. The van der Waals surface area contributed by atoms with Crippen LogP contribution >= 0.6 is 0 Å². The molecule has 0 heterocycles. The molecule has 0 spiro atoms. The second-order valence-electron chi connectivity index (χ2n) is 8.04. The second-order valence-corrected chi connectivity index (χ2v) is 8.04. The molecule has 0 N–H and O–H groups in total. The van der Waals surface area contributed by atoms with Crippen LogP contribution in [0.2, 0.25) is 0 Å². The minimum Gasteiger partial charge on any atom is -0.550 e. The molecule has 0 amide bonds. The quantitative estimate of drug-likeness (QED) is 0.196. The first kappa shape index (κ1) is 40.1. The third-order valence-corrected chi connectivity index (χ3v) is 4.64.